The van der Waals surface area contributed by atoms with Crippen molar-refractivity contribution in [1.29, 1.82) is 0 Å². The van der Waals surface area contributed by atoms with Crippen molar-refractivity contribution < 1.29 is 19.0 Å². The highest BCUT2D eigenvalue weighted by molar-refractivity contribution is 6.42. The molecule has 0 fully saturated rings. The molecule has 0 saturated heterocycles. The summed E-state index contributed by atoms with van der Waals surface area (Å²) in [6.07, 6.45) is 1.56. The van der Waals surface area contributed by atoms with E-state index in [0.29, 0.717) is 50.9 Å². The van der Waals surface area contributed by atoms with Crippen LogP contribution in [0.25, 0.3) is 6.08 Å². The second-order valence-corrected chi connectivity index (χ2v) is 7.70. The summed E-state index contributed by atoms with van der Waals surface area (Å²) in [5.41, 5.74) is 2.11. The van der Waals surface area contributed by atoms with Crippen LogP contribution in [0.2, 0.25) is 15.1 Å². The maximum absolute atomic E-state index is 12.3. The number of benzene rings is 2. The Morgan fingerprint density at radius 2 is 1.90 bits per heavy atom. The largest absolute Gasteiger partial charge is 0.490 e. The van der Waals surface area contributed by atoms with Crippen molar-refractivity contribution in [3.8, 4) is 11.5 Å². The van der Waals surface area contributed by atoms with Crippen molar-refractivity contribution in [3.63, 3.8) is 0 Å². The van der Waals surface area contributed by atoms with E-state index < -0.39 is 5.97 Å². The zero-order valence-electron chi connectivity index (χ0n) is 16.3. The number of esters is 1. The quantitative estimate of drug-likeness (QED) is 0.271. The van der Waals surface area contributed by atoms with E-state index in [0.717, 1.165) is 5.57 Å². The maximum atomic E-state index is 12.3. The fourth-order valence-corrected chi connectivity index (χ4v) is 3.16. The lowest BCUT2D eigenvalue weighted by Gasteiger charge is -2.14. The van der Waals surface area contributed by atoms with Gasteiger partial charge in [0.05, 0.1) is 21.7 Å². The van der Waals surface area contributed by atoms with E-state index in [-0.39, 0.29) is 11.6 Å². The van der Waals surface area contributed by atoms with Crippen molar-refractivity contribution in [1.82, 2.24) is 0 Å². The molecule has 0 atom stereocenters. The normalized spacial score (nSPS) is 14.5. The minimum absolute atomic E-state index is 0.116. The molecule has 2 aromatic rings. The predicted octanol–water partition coefficient (Wildman–Crippen LogP) is 6.34. The third-order valence-electron chi connectivity index (χ3n) is 3.89. The van der Waals surface area contributed by atoms with Crippen LogP contribution < -0.4 is 9.47 Å². The van der Waals surface area contributed by atoms with E-state index in [1.54, 1.807) is 36.4 Å². The fraction of sp³-hybridized carbons (Fsp3) is 0.182. The molecule has 0 bridgehead atoms. The van der Waals surface area contributed by atoms with Crippen molar-refractivity contribution in [2.75, 3.05) is 13.2 Å². The van der Waals surface area contributed by atoms with E-state index in [1.807, 2.05) is 13.8 Å². The van der Waals surface area contributed by atoms with Gasteiger partial charge in [-0.05, 0) is 61.4 Å². The number of cyclic esters (lactones) is 1. The minimum atomic E-state index is -0.590. The van der Waals surface area contributed by atoms with Crippen LogP contribution in [0.1, 0.15) is 25.0 Å². The molecule has 2 aromatic carbocycles. The topological polar surface area (TPSA) is 57.1 Å². The number of hydrogen-bond acceptors (Lipinski definition) is 5. The van der Waals surface area contributed by atoms with E-state index in [9.17, 15) is 4.79 Å². The van der Waals surface area contributed by atoms with Gasteiger partial charge in [-0.2, -0.15) is 0 Å². The summed E-state index contributed by atoms with van der Waals surface area (Å²) in [7, 11) is 0. The van der Waals surface area contributed by atoms with Gasteiger partial charge < -0.3 is 14.2 Å². The fourth-order valence-electron chi connectivity index (χ4n) is 2.59. The zero-order valence-corrected chi connectivity index (χ0v) is 18.6. The van der Waals surface area contributed by atoms with Crippen molar-refractivity contribution in [2.24, 2.45) is 4.99 Å². The number of rotatable bonds is 7. The third-order valence-corrected chi connectivity index (χ3v) is 4.90. The van der Waals surface area contributed by atoms with E-state index in [1.165, 1.54) is 0 Å². The predicted molar refractivity (Wildman–Crippen MR) is 120 cm³/mol. The molecule has 3 rings (SSSR count). The van der Waals surface area contributed by atoms with Crippen LogP contribution in [0.3, 0.4) is 0 Å². The molecule has 1 heterocycles. The molecule has 0 saturated carbocycles. The molecule has 156 valence electrons. The Morgan fingerprint density at radius 1 is 1.13 bits per heavy atom. The monoisotopic (exact) mass is 465 g/mol. The summed E-state index contributed by atoms with van der Waals surface area (Å²) < 4.78 is 16.6. The van der Waals surface area contributed by atoms with E-state index in [4.69, 9.17) is 49.0 Å². The van der Waals surface area contributed by atoms with Crippen LogP contribution in [0, 0.1) is 0 Å². The molecule has 5 nitrogen and oxygen atoms in total. The number of carbonyl (C=O) groups is 1. The second kappa shape index (κ2) is 9.56. The highest BCUT2D eigenvalue weighted by Gasteiger charge is 2.25. The molecule has 0 aromatic heterocycles. The summed E-state index contributed by atoms with van der Waals surface area (Å²) in [4.78, 5) is 16.6. The number of nitrogens with zero attached hydrogens (tertiary/aromatic N) is 1. The van der Waals surface area contributed by atoms with Gasteiger partial charge in [0.15, 0.2) is 17.2 Å². The first kappa shape index (κ1) is 22.2. The third kappa shape index (κ3) is 5.17. The summed E-state index contributed by atoms with van der Waals surface area (Å²) in [5, 5.41) is 1.08. The van der Waals surface area contributed by atoms with Crippen LogP contribution in [0.15, 0.2) is 53.2 Å². The lowest BCUT2D eigenvalue weighted by atomic mass is 10.1. The van der Waals surface area contributed by atoms with Crippen LogP contribution in [-0.4, -0.2) is 25.1 Å². The SMILES string of the molecule is C=C(C)COc1c(Cl)cc(/C=C2\N=C(c3ccc(Cl)c(Cl)c3)OC2=O)cc1OCC. The van der Waals surface area contributed by atoms with Crippen LogP contribution >= 0.6 is 34.8 Å². The van der Waals surface area contributed by atoms with Crippen LogP contribution in [0.5, 0.6) is 11.5 Å². The van der Waals surface area contributed by atoms with Gasteiger partial charge in [0, 0.05) is 5.56 Å². The Balaban J connectivity index is 1.94. The van der Waals surface area contributed by atoms with Gasteiger partial charge in [-0.15, -0.1) is 0 Å². The van der Waals surface area contributed by atoms with E-state index >= 15 is 0 Å². The van der Waals surface area contributed by atoms with Crippen molar-refractivity contribution >= 4 is 52.7 Å². The molecule has 1 aliphatic heterocycles. The molecule has 0 unspecified atom stereocenters. The Hall–Kier alpha value is -2.47. The first-order valence-corrected chi connectivity index (χ1v) is 10.1. The molecule has 0 aliphatic carbocycles. The lowest BCUT2D eigenvalue weighted by molar-refractivity contribution is -0.129. The first-order chi connectivity index (χ1) is 14.3. The zero-order chi connectivity index (χ0) is 21.8. The summed E-state index contributed by atoms with van der Waals surface area (Å²) in [5.74, 6) is 0.422. The molecule has 0 spiro atoms. The minimum Gasteiger partial charge on any atom is -0.490 e. The molecule has 30 heavy (non-hydrogen) atoms. The number of ether oxygens (including phenoxy) is 3. The number of carbonyl (C=O) groups excluding carboxylic acids is 1. The molecule has 1 aliphatic rings. The van der Waals surface area contributed by atoms with Gasteiger partial charge >= 0.3 is 5.97 Å². The number of halogens is 3. The molecule has 0 radical (unpaired) electrons. The van der Waals surface area contributed by atoms with Crippen LogP contribution in [-0.2, 0) is 9.53 Å². The number of aliphatic imine (C=N–C) groups is 1. The molecular weight excluding hydrogens is 449 g/mol. The van der Waals surface area contributed by atoms with Crippen molar-refractivity contribution in [2.45, 2.75) is 13.8 Å². The highest BCUT2D eigenvalue weighted by atomic mass is 35.5. The smallest absolute Gasteiger partial charge is 0.363 e. The Bertz CT molecular complexity index is 1080. The summed E-state index contributed by atoms with van der Waals surface area (Å²) >= 11 is 18.4. The molecule has 0 amide bonds. The van der Waals surface area contributed by atoms with E-state index in [2.05, 4.69) is 11.6 Å². The Morgan fingerprint density at radius 3 is 2.57 bits per heavy atom. The van der Waals surface area contributed by atoms with Gasteiger partial charge in [-0.25, -0.2) is 9.79 Å². The van der Waals surface area contributed by atoms with Crippen LogP contribution in [0.4, 0.5) is 0 Å². The Labute approximate surface area is 189 Å². The summed E-state index contributed by atoms with van der Waals surface area (Å²) in [6, 6.07) is 8.23. The maximum Gasteiger partial charge on any atom is 0.363 e. The Kier molecular flexibility index (Phi) is 7.08. The summed E-state index contributed by atoms with van der Waals surface area (Å²) in [6.45, 7) is 8.24. The average Bonchev–Trinajstić information content (AvgIpc) is 3.04. The number of hydrogen-bond donors (Lipinski definition) is 0. The highest BCUT2D eigenvalue weighted by Crippen LogP contribution is 2.38. The molecule has 0 N–H and O–H groups in total. The van der Waals surface area contributed by atoms with Gasteiger partial charge in [0.2, 0.25) is 5.90 Å². The standard InChI is InChI=1S/C22H18Cl3NO4/c1-4-28-19-9-13(7-17(25)20(19)29-11-12(2)3)8-18-22(27)30-21(26-18)14-5-6-15(23)16(24)10-14/h5-10H,2,4,11H2,1,3H3/b18-8-. The lowest BCUT2D eigenvalue weighted by Crippen LogP contribution is -2.05. The van der Waals surface area contributed by atoms with Gasteiger partial charge in [-0.3, -0.25) is 0 Å². The van der Waals surface area contributed by atoms with Gasteiger partial charge in [-0.1, -0.05) is 41.4 Å². The van der Waals surface area contributed by atoms with Gasteiger partial charge in [0.1, 0.15) is 6.61 Å². The second-order valence-electron chi connectivity index (χ2n) is 6.47. The average molecular weight is 467 g/mol. The van der Waals surface area contributed by atoms with Gasteiger partial charge in [0.25, 0.3) is 0 Å². The molecular formula is C22H18Cl3NO4. The molecule has 8 heteroatoms. The van der Waals surface area contributed by atoms with Crippen molar-refractivity contribution in [3.05, 3.63) is 74.4 Å². The first-order valence-electron chi connectivity index (χ1n) is 9.00.